The summed E-state index contributed by atoms with van der Waals surface area (Å²) in [6.07, 6.45) is 3.27. The van der Waals surface area contributed by atoms with Gasteiger partial charge in [-0.1, -0.05) is 13.3 Å². The van der Waals surface area contributed by atoms with Gasteiger partial charge >= 0.3 is 0 Å². The van der Waals surface area contributed by atoms with E-state index in [1.807, 2.05) is 6.92 Å². The van der Waals surface area contributed by atoms with Crippen molar-refractivity contribution >= 4 is 5.91 Å². The highest BCUT2D eigenvalue weighted by Gasteiger charge is 2.21. The van der Waals surface area contributed by atoms with E-state index in [2.05, 4.69) is 10.6 Å². The summed E-state index contributed by atoms with van der Waals surface area (Å²) in [7, 11) is 0. The molecule has 2 atom stereocenters. The molecule has 4 heteroatoms. The molecule has 1 unspecified atom stereocenters. The molecule has 82 valence electrons. The van der Waals surface area contributed by atoms with E-state index in [1.54, 1.807) is 0 Å². The number of nitrogens with one attached hydrogen (secondary N) is 2. The van der Waals surface area contributed by atoms with Crippen LogP contribution in [0, 0.1) is 0 Å². The molecule has 1 heterocycles. The Hall–Kier alpha value is -0.610. The van der Waals surface area contributed by atoms with Gasteiger partial charge < -0.3 is 15.7 Å². The summed E-state index contributed by atoms with van der Waals surface area (Å²) in [6.45, 7) is 3.32. The molecule has 0 bridgehead atoms. The summed E-state index contributed by atoms with van der Waals surface area (Å²) in [5.41, 5.74) is 0. The van der Waals surface area contributed by atoms with Crippen LogP contribution in [0.2, 0.25) is 0 Å². The van der Waals surface area contributed by atoms with Crippen molar-refractivity contribution in [3.8, 4) is 0 Å². The molecule has 0 radical (unpaired) electrons. The van der Waals surface area contributed by atoms with Crippen LogP contribution in [0.3, 0.4) is 0 Å². The van der Waals surface area contributed by atoms with Crippen LogP contribution in [0.25, 0.3) is 0 Å². The zero-order valence-electron chi connectivity index (χ0n) is 8.75. The van der Waals surface area contributed by atoms with E-state index in [9.17, 15) is 9.90 Å². The Morgan fingerprint density at radius 3 is 3.07 bits per heavy atom. The third kappa shape index (κ3) is 3.64. The second-order valence-corrected chi connectivity index (χ2v) is 3.84. The topological polar surface area (TPSA) is 61.4 Å². The minimum Gasteiger partial charge on any atom is -0.391 e. The molecule has 1 fully saturated rings. The number of rotatable bonds is 5. The molecular weight excluding hydrogens is 180 g/mol. The van der Waals surface area contributed by atoms with E-state index in [1.165, 1.54) is 0 Å². The highest BCUT2D eigenvalue weighted by Crippen LogP contribution is 2.04. The van der Waals surface area contributed by atoms with E-state index in [0.717, 1.165) is 32.2 Å². The van der Waals surface area contributed by atoms with Gasteiger partial charge in [0.25, 0.3) is 0 Å². The van der Waals surface area contributed by atoms with E-state index < -0.39 is 6.10 Å². The largest absolute Gasteiger partial charge is 0.391 e. The lowest BCUT2D eigenvalue weighted by Crippen LogP contribution is -2.43. The fraction of sp³-hybridized carbons (Fsp3) is 0.900. The average Bonchev–Trinajstić information content (AvgIpc) is 2.67. The fourth-order valence-corrected chi connectivity index (χ4v) is 1.69. The van der Waals surface area contributed by atoms with Crippen LogP contribution in [-0.2, 0) is 4.79 Å². The monoisotopic (exact) mass is 200 g/mol. The zero-order chi connectivity index (χ0) is 10.4. The molecule has 3 N–H and O–H groups in total. The SMILES string of the molecule is CCCC(O)CNC(=O)[C@H]1CCCN1. The van der Waals surface area contributed by atoms with E-state index in [4.69, 9.17) is 0 Å². The normalized spacial score (nSPS) is 23.4. The van der Waals surface area contributed by atoms with Crippen LogP contribution in [0.4, 0.5) is 0 Å². The van der Waals surface area contributed by atoms with E-state index >= 15 is 0 Å². The molecule has 4 nitrogen and oxygen atoms in total. The summed E-state index contributed by atoms with van der Waals surface area (Å²) in [5.74, 6) is 0.0256. The van der Waals surface area contributed by atoms with Crippen molar-refractivity contribution in [3.05, 3.63) is 0 Å². The zero-order valence-corrected chi connectivity index (χ0v) is 8.75. The van der Waals surface area contributed by atoms with Gasteiger partial charge in [-0.15, -0.1) is 0 Å². The Kier molecular flexibility index (Phi) is 4.90. The number of hydrogen-bond donors (Lipinski definition) is 3. The van der Waals surface area contributed by atoms with Gasteiger partial charge in [0.2, 0.25) is 5.91 Å². The molecule has 1 rings (SSSR count). The summed E-state index contributed by atoms with van der Waals surface area (Å²) < 4.78 is 0. The predicted molar refractivity (Wildman–Crippen MR) is 54.9 cm³/mol. The Balaban J connectivity index is 2.13. The van der Waals surface area contributed by atoms with Crippen molar-refractivity contribution in [2.24, 2.45) is 0 Å². The summed E-state index contributed by atoms with van der Waals surface area (Å²) in [6, 6.07) is -0.0381. The van der Waals surface area contributed by atoms with Crippen molar-refractivity contribution in [1.82, 2.24) is 10.6 Å². The van der Waals surface area contributed by atoms with Gasteiger partial charge in [0.05, 0.1) is 12.1 Å². The lowest BCUT2D eigenvalue weighted by atomic mass is 10.2. The summed E-state index contributed by atoms with van der Waals surface area (Å²) in [5, 5.41) is 15.3. The minimum absolute atomic E-state index is 0.0256. The molecular formula is C10H20N2O2. The van der Waals surface area contributed by atoms with Gasteiger partial charge in [-0.25, -0.2) is 0 Å². The van der Waals surface area contributed by atoms with Crippen molar-refractivity contribution in [2.45, 2.75) is 44.8 Å². The number of hydrogen-bond acceptors (Lipinski definition) is 3. The highest BCUT2D eigenvalue weighted by molar-refractivity contribution is 5.81. The smallest absolute Gasteiger partial charge is 0.237 e. The molecule has 0 aliphatic carbocycles. The molecule has 1 aliphatic rings. The van der Waals surface area contributed by atoms with Crippen molar-refractivity contribution < 1.29 is 9.90 Å². The Morgan fingerprint density at radius 1 is 1.71 bits per heavy atom. The minimum atomic E-state index is -0.398. The third-order valence-electron chi connectivity index (χ3n) is 2.51. The molecule has 1 aliphatic heterocycles. The van der Waals surface area contributed by atoms with E-state index in [-0.39, 0.29) is 11.9 Å². The van der Waals surface area contributed by atoms with Gasteiger partial charge in [-0.3, -0.25) is 4.79 Å². The van der Waals surface area contributed by atoms with Gasteiger partial charge in [-0.05, 0) is 25.8 Å². The standard InChI is InChI=1S/C10H20N2O2/c1-2-4-8(13)7-12-10(14)9-5-3-6-11-9/h8-9,11,13H,2-7H2,1H3,(H,12,14)/t8?,9-/m1/s1. The van der Waals surface area contributed by atoms with Crippen LogP contribution in [0.5, 0.6) is 0 Å². The van der Waals surface area contributed by atoms with Crippen LogP contribution in [0.15, 0.2) is 0 Å². The maximum absolute atomic E-state index is 11.5. The molecule has 0 aromatic heterocycles. The average molecular weight is 200 g/mol. The van der Waals surface area contributed by atoms with Crippen molar-refractivity contribution in [3.63, 3.8) is 0 Å². The Bertz CT molecular complexity index is 179. The van der Waals surface area contributed by atoms with Gasteiger partial charge in [-0.2, -0.15) is 0 Å². The van der Waals surface area contributed by atoms with Crippen LogP contribution in [0.1, 0.15) is 32.6 Å². The first-order valence-electron chi connectivity index (χ1n) is 5.43. The molecule has 1 amide bonds. The molecule has 0 aromatic carbocycles. The Labute approximate surface area is 85.1 Å². The van der Waals surface area contributed by atoms with Gasteiger partial charge in [0, 0.05) is 6.54 Å². The maximum atomic E-state index is 11.5. The van der Waals surface area contributed by atoms with Crippen LogP contribution in [-0.4, -0.2) is 36.2 Å². The molecule has 14 heavy (non-hydrogen) atoms. The van der Waals surface area contributed by atoms with E-state index in [0.29, 0.717) is 6.54 Å². The molecule has 1 saturated heterocycles. The van der Waals surface area contributed by atoms with Crippen molar-refractivity contribution in [1.29, 1.82) is 0 Å². The first kappa shape index (κ1) is 11.5. The van der Waals surface area contributed by atoms with Gasteiger partial charge in [0.15, 0.2) is 0 Å². The van der Waals surface area contributed by atoms with Gasteiger partial charge in [0.1, 0.15) is 0 Å². The van der Waals surface area contributed by atoms with Crippen molar-refractivity contribution in [2.75, 3.05) is 13.1 Å². The lowest BCUT2D eigenvalue weighted by Gasteiger charge is -2.14. The first-order chi connectivity index (χ1) is 6.74. The number of carbonyl (C=O) groups is 1. The molecule has 0 aromatic rings. The lowest BCUT2D eigenvalue weighted by molar-refractivity contribution is -0.123. The second-order valence-electron chi connectivity index (χ2n) is 3.84. The number of aliphatic hydroxyl groups excluding tert-OH is 1. The highest BCUT2D eigenvalue weighted by atomic mass is 16.3. The third-order valence-corrected chi connectivity index (χ3v) is 2.51. The molecule has 0 saturated carbocycles. The first-order valence-corrected chi connectivity index (χ1v) is 5.43. The fourth-order valence-electron chi connectivity index (χ4n) is 1.69. The maximum Gasteiger partial charge on any atom is 0.237 e. The second kappa shape index (κ2) is 5.98. The number of carbonyl (C=O) groups excluding carboxylic acids is 1. The number of amides is 1. The van der Waals surface area contributed by atoms with Crippen LogP contribution < -0.4 is 10.6 Å². The molecule has 0 spiro atoms. The summed E-state index contributed by atoms with van der Waals surface area (Å²) >= 11 is 0. The number of aliphatic hydroxyl groups is 1. The summed E-state index contributed by atoms with van der Waals surface area (Å²) in [4.78, 5) is 11.5. The van der Waals surface area contributed by atoms with Crippen LogP contribution >= 0.6 is 0 Å². The predicted octanol–water partition coefficient (Wildman–Crippen LogP) is 0.0156. The quantitative estimate of drug-likeness (QED) is 0.586. The Morgan fingerprint density at radius 2 is 2.50 bits per heavy atom.